The molecule has 1 aromatic heterocycles. The van der Waals surface area contributed by atoms with Gasteiger partial charge in [-0.15, -0.1) is 0 Å². The zero-order valence-corrected chi connectivity index (χ0v) is 12.5. The summed E-state index contributed by atoms with van der Waals surface area (Å²) in [4.78, 5) is 16.2. The molecule has 0 spiro atoms. The lowest BCUT2D eigenvalue weighted by Gasteiger charge is -2.08. The number of ether oxygens (including phenoxy) is 1. The number of hydrogen-bond acceptors (Lipinski definition) is 4. The van der Waals surface area contributed by atoms with Gasteiger partial charge in [-0.2, -0.15) is 0 Å². The summed E-state index contributed by atoms with van der Waals surface area (Å²) in [6.45, 7) is 3.42. The van der Waals surface area contributed by atoms with E-state index in [-0.39, 0.29) is 5.56 Å². The first-order valence-electron chi connectivity index (χ1n) is 7.17. The average molecular weight is 287 g/mol. The summed E-state index contributed by atoms with van der Waals surface area (Å²) in [7, 11) is 1.65. The van der Waals surface area contributed by atoms with Gasteiger partial charge >= 0.3 is 0 Å². The van der Waals surface area contributed by atoms with Gasteiger partial charge in [0.1, 0.15) is 5.75 Å². The van der Waals surface area contributed by atoms with Crippen LogP contribution >= 0.6 is 0 Å². The molecule has 2 rings (SSSR count). The molecule has 0 fully saturated rings. The van der Waals surface area contributed by atoms with Crippen molar-refractivity contribution in [2.75, 3.05) is 19.0 Å². The fourth-order valence-electron chi connectivity index (χ4n) is 2.14. The molecule has 1 N–H and O–H groups in total. The van der Waals surface area contributed by atoms with Crippen LogP contribution in [-0.4, -0.2) is 23.2 Å². The number of methoxy groups -OCH3 is 1. The van der Waals surface area contributed by atoms with Gasteiger partial charge in [0.05, 0.1) is 7.11 Å². The maximum Gasteiger partial charge on any atom is 0.293 e. The zero-order valence-electron chi connectivity index (χ0n) is 12.5. The molecular weight excluding hydrogens is 266 g/mol. The third kappa shape index (κ3) is 4.08. The Balaban J connectivity index is 1.97. The molecule has 1 heterocycles. The molecule has 0 atom stereocenters. The van der Waals surface area contributed by atoms with Crippen LogP contribution in [0.25, 0.3) is 0 Å². The first kappa shape index (κ1) is 15.1. The monoisotopic (exact) mass is 287 g/mol. The SMILES string of the molecule is CCCn1ccnc(NCCc2cccc(OC)c2)c1=O. The van der Waals surface area contributed by atoms with Crippen LogP contribution in [0.2, 0.25) is 0 Å². The van der Waals surface area contributed by atoms with Crippen LogP contribution in [0.4, 0.5) is 5.82 Å². The fraction of sp³-hybridized carbons (Fsp3) is 0.375. The number of rotatable bonds is 7. The van der Waals surface area contributed by atoms with Crippen molar-refractivity contribution < 1.29 is 4.74 Å². The number of nitrogens with one attached hydrogen (secondary N) is 1. The minimum absolute atomic E-state index is 0.0648. The molecule has 0 radical (unpaired) electrons. The van der Waals surface area contributed by atoms with E-state index in [9.17, 15) is 4.79 Å². The van der Waals surface area contributed by atoms with Gasteiger partial charge in [-0.05, 0) is 30.5 Å². The molecule has 0 unspecified atom stereocenters. The molecule has 2 aromatic rings. The van der Waals surface area contributed by atoms with Gasteiger partial charge in [-0.25, -0.2) is 4.98 Å². The number of anilines is 1. The lowest BCUT2D eigenvalue weighted by molar-refractivity contribution is 0.414. The van der Waals surface area contributed by atoms with Crippen LogP contribution in [0.5, 0.6) is 5.75 Å². The van der Waals surface area contributed by atoms with E-state index in [4.69, 9.17) is 4.74 Å². The zero-order chi connectivity index (χ0) is 15.1. The third-order valence-electron chi connectivity index (χ3n) is 3.22. The van der Waals surface area contributed by atoms with E-state index < -0.39 is 0 Å². The van der Waals surface area contributed by atoms with Crippen molar-refractivity contribution in [3.05, 3.63) is 52.6 Å². The summed E-state index contributed by atoms with van der Waals surface area (Å²) in [6.07, 6.45) is 5.11. The molecule has 1 aromatic carbocycles. The minimum atomic E-state index is -0.0648. The summed E-state index contributed by atoms with van der Waals surface area (Å²) in [6, 6.07) is 7.91. The lowest BCUT2D eigenvalue weighted by atomic mass is 10.1. The van der Waals surface area contributed by atoms with Crippen LogP contribution in [0.15, 0.2) is 41.5 Å². The van der Waals surface area contributed by atoms with Crippen molar-refractivity contribution in [3.8, 4) is 5.75 Å². The maximum atomic E-state index is 12.1. The fourth-order valence-corrected chi connectivity index (χ4v) is 2.14. The van der Waals surface area contributed by atoms with E-state index in [1.165, 1.54) is 0 Å². The Morgan fingerprint density at radius 2 is 2.24 bits per heavy atom. The Hall–Kier alpha value is -2.30. The molecule has 21 heavy (non-hydrogen) atoms. The first-order valence-corrected chi connectivity index (χ1v) is 7.17. The largest absolute Gasteiger partial charge is 0.497 e. The van der Waals surface area contributed by atoms with E-state index in [1.807, 2.05) is 31.2 Å². The van der Waals surface area contributed by atoms with Gasteiger partial charge in [0, 0.05) is 25.5 Å². The van der Waals surface area contributed by atoms with Crippen molar-refractivity contribution >= 4 is 5.82 Å². The minimum Gasteiger partial charge on any atom is -0.497 e. The standard InChI is InChI=1S/C16H21N3O2/c1-3-10-19-11-9-18-15(16(19)20)17-8-7-13-5-4-6-14(12-13)21-2/h4-6,9,11-12H,3,7-8,10H2,1-2H3,(H,17,18). The predicted octanol–water partition coefficient (Wildman–Crippen LogP) is 2.32. The summed E-state index contributed by atoms with van der Waals surface area (Å²) >= 11 is 0. The van der Waals surface area contributed by atoms with Gasteiger partial charge in [0.2, 0.25) is 0 Å². The van der Waals surface area contributed by atoms with Crippen LogP contribution in [0.3, 0.4) is 0 Å². The molecular formula is C16H21N3O2. The summed E-state index contributed by atoms with van der Waals surface area (Å²) in [5, 5.41) is 3.11. The van der Waals surface area contributed by atoms with Gasteiger partial charge in [0.25, 0.3) is 5.56 Å². The van der Waals surface area contributed by atoms with Gasteiger partial charge in [0.15, 0.2) is 5.82 Å². The smallest absolute Gasteiger partial charge is 0.293 e. The lowest BCUT2D eigenvalue weighted by Crippen LogP contribution is -2.25. The van der Waals surface area contributed by atoms with E-state index in [2.05, 4.69) is 10.3 Å². The van der Waals surface area contributed by atoms with E-state index >= 15 is 0 Å². The Morgan fingerprint density at radius 1 is 1.38 bits per heavy atom. The Kier molecular flexibility index (Phi) is 5.37. The van der Waals surface area contributed by atoms with Crippen molar-refractivity contribution in [2.45, 2.75) is 26.3 Å². The molecule has 0 aliphatic rings. The quantitative estimate of drug-likeness (QED) is 0.849. The average Bonchev–Trinajstić information content (AvgIpc) is 2.51. The summed E-state index contributed by atoms with van der Waals surface area (Å²) in [5.41, 5.74) is 1.09. The van der Waals surface area contributed by atoms with E-state index in [0.29, 0.717) is 18.9 Å². The number of nitrogens with zero attached hydrogens (tertiary/aromatic N) is 2. The van der Waals surface area contributed by atoms with Gasteiger partial charge in [-0.3, -0.25) is 4.79 Å². The van der Waals surface area contributed by atoms with Crippen molar-refractivity contribution in [1.29, 1.82) is 0 Å². The molecule has 5 nitrogen and oxygen atoms in total. The second-order valence-corrected chi connectivity index (χ2v) is 4.80. The van der Waals surface area contributed by atoms with Crippen LogP contribution < -0.4 is 15.6 Å². The highest BCUT2D eigenvalue weighted by molar-refractivity contribution is 5.32. The van der Waals surface area contributed by atoms with Gasteiger partial charge < -0.3 is 14.6 Å². The molecule has 112 valence electrons. The normalized spacial score (nSPS) is 10.4. The van der Waals surface area contributed by atoms with E-state index in [1.54, 1.807) is 24.1 Å². The first-order chi connectivity index (χ1) is 10.2. The number of hydrogen-bond donors (Lipinski definition) is 1. The Morgan fingerprint density at radius 3 is 3.00 bits per heavy atom. The second kappa shape index (κ2) is 7.47. The molecule has 5 heteroatoms. The molecule has 0 aliphatic heterocycles. The van der Waals surface area contributed by atoms with Gasteiger partial charge in [-0.1, -0.05) is 19.1 Å². The van der Waals surface area contributed by atoms with Crippen molar-refractivity contribution in [1.82, 2.24) is 9.55 Å². The third-order valence-corrected chi connectivity index (χ3v) is 3.22. The highest BCUT2D eigenvalue weighted by Gasteiger charge is 2.03. The number of aryl methyl sites for hydroxylation is 1. The van der Waals surface area contributed by atoms with Crippen LogP contribution in [0, 0.1) is 0 Å². The number of aromatic nitrogens is 2. The predicted molar refractivity (Wildman–Crippen MR) is 84.0 cm³/mol. The number of benzene rings is 1. The molecule has 0 amide bonds. The summed E-state index contributed by atoms with van der Waals surface area (Å²) < 4.78 is 6.88. The highest BCUT2D eigenvalue weighted by atomic mass is 16.5. The molecule has 0 saturated carbocycles. The molecule has 0 aliphatic carbocycles. The Bertz CT molecular complexity index is 637. The highest BCUT2D eigenvalue weighted by Crippen LogP contribution is 2.12. The van der Waals surface area contributed by atoms with Crippen molar-refractivity contribution in [3.63, 3.8) is 0 Å². The maximum absolute atomic E-state index is 12.1. The molecule has 0 bridgehead atoms. The molecule has 0 saturated heterocycles. The topological polar surface area (TPSA) is 56.1 Å². The summed E-state index contributed by atoms with van der Waals surface area (Å²) in [5.74, 6) is 1.25. The van der Waals surface area contributed by atoms with Crippen LogP contribution in [0.1, 0.15) is 18.9 Å². The van der Waals surface area contributed by atoms with Crippen molar-refractivity contribution in [2.24, 2.45) is 0 Å². The Labute approximate surface area is 124 Å². The van der Waals surface area contributed by atoms with E-state index in [0.717, 1.165) is 24.2 Å². The van der Waals surface area contributed by atoms with Crippen LogP contribution in [-0.2, 0) is 13.0 Å². The second-order valence-electron chi connectivity index (χ2n) is 4.80.